The van der Waals surface area contributed by atoms with Crippen molar-refractivity contribution in [2.45, 2.75) is 19.8 Å². The van der Waals surface area contributed by atoms with E-state index in [-0.39, 0.29) is 5.91 Å². The monoisotopic (exact) mass is 387 g/mol. The standard InChI is InChI=1S/C23H21N3O3/c27-23(20-7-9-21(10-8-20)26-12-3-11-25-26)24-15-18-4-1-5-19(14-18)16-28-17-22-6-2-13-29-22/h1-14H,15-17H2,(H,24,27). The molecular weight excluding hydrogens is 366 g/mol. The van der Waals surface area contributed by atoms with Crippen LogP contribution in [0.1, 0.15) is 27.2 Å². The second kappa shape index (κ2) is 9.03. The lowest BCUT2D eigenvalue weighted by atomic mass is 10.1. The Bertz CT molecular complexity index is 1040. The van der Waals surface area contributed by atoms with Crippen molar-refractivity contribution < 1.29 is 13.9 Å². The van der Waals surface area contributed by atoms with Crippen LogP contribution in [0.15, 0.2) is 89.8 Å². The average Bonchev–Trinajstić information content (AvgIpc) is 3.47. The first-order chi connectivity index (χ1) is 14.3. The summed E-state index contributed by atoms with van der Waals surface area (Å²) in [5.41, 5.74) is 3.59. The number of hydrogen-bond donors (Lipinski definition) is 1. The topological polar surface area (TPSA) is 69.3 Å². The highest BCUT2D eigenvalue weighted by molar-refractivity contribution is 5.94. The third-order valence-electron chi connectivity index (χ3n) is 4.44. The SMILES string of the molecule is O=C(NCc1cccc(COCc2ccco2)c1)c1ccc(-n2cccn2)cc1. The van der Waals surface area contributed by atoms with Crippen molar-refractivity contribution in [1.29, 1.82) is 0 Å². The van der Waals surface area contributed by atoms with Crippen molar-refractivity contribution in [3.8, 4) is 5.69 Å². The maximum Gasteiger partial charge on any atom is 0.251 e. The van der Waals surface area contributed by atoms with E-state index in [9.17, 15) is 4.79 Å². The molecule has 4 rings (SSSR count). The molecule has 2 aromatic heterocycles. The molecule has 0 saturated heterocycles. The molecule has 146 valence electrons. The summed E-state index contributed by atoms with van der Waals surface area (Å²) in [6.45, 7) is 1.37. The third kappa shape index (κ3) is 5.00. The van der Waals surface area contributed by atoms with Gasteiger partial charge in [0.1, 0.15) is 12.4 Å². The van der Waals surface area contributed by atoms with Crippen LogP contribution in [0.25, 0.3) is 5.69 Å². The number of benzene rings is 2. The number of furan rings is 1. The van der Waals surface area contributed by atoms with Crippen LogP contribution >= 0.6 is 0 Å². The van der Waals surface area contributed by atoms with E-state index >= 15 is 0 Å². The van der Waals surface area contributed by atoms with Gasteiger partial charge in [0.25, 0.3) is 5.91 Å². The van der Waals surface area contributed by atoms with Crippen LogP contribution in [0.3, 0.4) is 0 Å². The van der Waals surface area contributed by atoms with Gasteiger partial charge in [-0.05, 0) is 53.6 Å². The van der Waals surface area contributed by atoms with Gasteiger partial charge in [0.15, 0.2) is 0 Å². The Hall–Kier alpha value is -3.64. The lowest BCUT2D eigenvalue weighted by Crippen LogP contribution is -2.22. The fourth-order valence-electron chi connectivity index (χ4n) is 2.97. The van der Waals surface area contributed by atoms with Crippen LogP contribution in [0.2, 0.25) is 0 Å². The van der Waals surface area contributed by atoms with Crippen molar-refractivity contribution in [1.82, 2.24) is 15.1 Å². The molecule has 0 atom stereocenters. The number of carbonyl (C=O) groups excluding carboxylic acids is 1. The van der Waals surface area contributed by atoms with Crippen molar-refractivity contribution >= 4 is 5.91 Å². The Balaban J connectivity index is 1.29. The summed E-state index contributed by atoms with van der Waals surface area (Å²) in [6, 6.07) is 20.9. The smallest absolute Gasteiger partial charge is 0.251 e. The van der Waals surface area contributed by atoms with E-state index in [1.165, 1.54) is 0 Å². The minimum Gasteiger partial charge on any atom is -0.467 e. The largest absolute Gasteiger partial charge is 0.467 e. The highest BCUT2D eigenvalue weighted by Crippen LogP contribution is 2.11. The van der Waals surface area contributed by atoms with E-state index in [2.05, 4.69) is 10.4 Å². The van der Waals surface area contributed by atoms with Crippen LogP contribution in [0.4, 0.5) is 0 Å². The normalized spacial score (nSPS) is 10.8. The van der Waals surface area contributed by atoms with Gasteiger partial charge < -0.3 is 14.5 Å². The summed E-state index contributed by atoms with van der Waals surface area (Å²) < 4.78 is 12.7. The second-order valence-electron chi connectivity index (χ2n) is 6.57. The Labute approximate surface area is 168 Å². The first-order valence-electron chi connectivity index (χ1n) is 9.34. The number of ether oxygens (including phenoxy) is 1. The first kappa shape index (κ1) is 18.7. The number of nitrogens with zero attached hydrogens (tertiary/aromatic N) is 2. The molecule has 0 unspecified atom stereocenters. The van der Waals surface area contributed by atoms with Gasteiger partial charge in [-0.2, -0.15) is 5.10 Å². The number of rotatable bonds is 8. The number of carbonyl (C=O) groups is 1. The molecule has 1 N–H and O–H groups in total. The molecule has 2 aromatic carbocycles. The fourth-order valence-corrected chi connectivity index (χ4v) is 2.97. The number of hydrogen-bond acceptors (Lipinski definition) is 4. The molecule has 0 radical (unpaired) electrons. The molecule has 0 bridgehead atoms. The molecule has 0 fully saturated rings. The number of amides is 1. The van der Waals surface area contributed by atoms with Crippen LogP contribution in [0.5, 0.6) is 0 Å². The molecule has 29 heavy (non-hydrogen) atoms. The maximum atomic E-state index is 12.4. The molecule has 6 heteroatoms. The Morgan fingerprint density at radius 3 is 2.62 bits per heavy atom. The Morgan fingerprint density at radius 1 is 1.00 bits per heavy atom. The summed E-state index contributed by atoms with van der Waals surface area (Å²) in [4.78, 5) is 12.4. The van der Waals surface area contributed by atoms with Gasteiger partial charge in [0.2, 0.25) is 0 Å². The van der Waals surface area contributed by atoms with Gasteiger partial charge in [-0.3, -0.25) is 4.79 Å². The van der Waals surface area contributed by atoms with E-state index in [0.717, 1.165) is 22.6 Å². The lowest BCUT2D eigenvalue weighted by molar-refractivity contribution is 0.0928. The van der Waals surface area contributed by atoms with E-state index in [0.29, 0.717) is 25.3 Å². The second-order valence-corrected chi connectivity index (χ2v) is 6.57. The zero-order chi connectivity index (χ0) is 19.9. The van der Waals surface area contributed by atoms with Crippen molar-refractivity contribution in [3.63, 3.8) is 0 Å². The molecule has 6 nitrogen and oxygen atoms in total. The molecule has 0 aliphatic carbocycles. The van der Waals surface area contributed by atoms with Crippen molar-refractivity contribution in [2.75, 3.05) is 0 Å². The van der Waals surface area contributed by atoms with E-state index in [1.54, 1.807) is 29.3 Å². The van der Waals surface area contributed by atoms with Crippen molar-refractivity contribution in [2.24, 2.45) is 0 Å². The zero-order valence-electron chi connectivity index (χ0n) is 15.8. The lowest BCUT2D eigenvalue weighted by Gasteiger charge is -2.09. The molecule has 1 amide bonds. The van der Waals surface area contributed by atoms with Crippen molar-refractivity contribution in [3.05, 3.63) is 108 Å². The summed E-state index contributed by atoms with van der Waals surface area (Å²) in [5, 5.41) is 7.14. The summed E-state index contributed by atoms with van der Waals surface area (Å²) in [5.74, 6) is 0.684. The van der Waals surface area contributed by atoms with Gasteiger partial charge in [-0.15, -0.1) is 0 Å². The predicted octanol–water partition coefficient (Wildman–Crippen LogP) is 4.11. The van der Waals surface area contributed by atoms with Gasteiger partial charge in [0, 0.05) is 24.5 Å². The van der Waals surface area contributed by atoms with E-state index < -0.39 is 0 Å². The van der Waals surface area contributed by atoms with Gasteiger partial charge in [-0.1, -0.05) is 24.3 Å². The molecule has 0 aliphatic heterocycles. The highest BCUT2D eigenvalue weighted by atomic mass is 16.5. The quantitative estimate of drug-likeness (QED) is 0.494. The summed E-state index contributed by atoms with van der Waals surface area (Å²) in [7, 11) is 0. The molecule has 0 saturated carbocycles. The van der Waals surface area contributed by atoms with Crippen LogP contribution in [-0.4, -0.2) is 15.7 Å². The molecular formula is C23H21N3O3. The van der Waals surface area contributed by atoms with Gasteiger partial charge >= 0.3 is 0 Å². The molecule has 4 aromatic rings. The average molecular weight is 387 g/mol. The van der Waals surface area contributed by atoms with Crippen LogP contribution < -0.4 is 5.32 Å². The summed E-state index contributed by atoms with van der Waals surface area (Å²) >= 11 is 0. The minimum atomic E-state index is -0.114. The zero-order valence-corrected chi connectivity index (χ0v) is 15.8. The molecule has 0 aliphatic rings. The van der Waals surface area contributed by atoms with E-state index in [4.69, 9.17) is 9.15 Å². The maximum absolute atomic E-state index is 12.4. The van der Waals surface area contributed by atoms with Crippen LogP contribution in [-0.2, 0) is 24.5 Å². The molecule has 2 heterocycles. The number of aromatic nitrogens is 2. The fraction of sp³-hybridized carbons (Fsp3) is 0.130. The molecule has 0 spiro atoms. The van der Waals surface area contributed by atoms with Gasteiger partial charge in [-0.25, -0.2) is 4.68 Å². The number of nitrogens with one attached hydrogen (secondary N) is 1. The van der Waals surface area contributed by atoms with Crippen LogP contribution in [0, 0.1) is 0 Å². The highest BCUT2D eigenvalue weighted by Gasteiger charge is 2.06. The van der Waals surface area contributed by atoms with E-state index in [1.807, 2.05) is 60.8 Å². The predicted molar refractivity (Wildman–Crippen MR) is 108 cm³/mol. The summed E-state index contributed by atoms with van der Waals surface area (Å²) in [6.07, 6.45) is 5.21. The Morgan fingerprint density at radius 2 is 1.86 bits per heavy atom. The van der Waals surface area contributed by atoms with Gasteiger partial charge in [0.05, 0.1) is 18.6 Å². The Kier molecular flexibility index (Phi) is 5.83. The minimum absolute atomic E-state index is 0.114. The third-order valence-corrected chi connectivity index (χ3v) is 4.44. The first-order valence-corrected chi connectivity index (χ1v) is 9.34.